The highest BCUT2D eigenvalue weighted by Gasteiger charge is 2.05. The number of aliphatic hydroxyl groups is 1. The van der Waals surface area contributed by atoms with Crippen LogP contribution in [0, 0.1) is 0 Å². The molecule has 2 aromatic rings. The molecule has 5 heteroatoms. The molecule has 0 aromatic heterocycles. The van der Waals surface area contributed by atoms with E-state index < -0.39 is 0 Å². The summed E-state index contributed by atoms with van der Waals surface area (Å²) in [5, 5.41) is 24.4. The lowest BCUT2D eigenvalue weighted by atomic mass is 10.0. The van der Waals surface area contributed by atoms with Crippen LogP contribution in [0.1, 0.15) is 5.56 Å². The summed E-state index contributed by atoms with van der Waals surface area (Å²) in [6, 6.07) is 9.32. The predicted octanol–water partition coefficient (Wildman–Crippen LogP) is 2.22. The van der Waals surface area contributed by atoms with Crippen molar-refractivity contribution in [1.29, 1.82) is 0 Å². The Morgan fingerprint density at radius 2 is 2.11 bits per heavy atom. The Labute approximate surface area is 113 Å². The van der Waals surface area contributed by atoms with Gasteiger partial charge in [-0.15, -0.1) is 0 Å². The van der Waals surface area contributed by atoms with Crippen LogP contribution in [0.25, 0.3) is 10.8 Å². The van der Waals surface area contributed by atoms with Gasteiger partial charge in [0.1, 0.15) is 5.75 Å². The maximum atomic E-state index is 9.85. The largest absolute Gasteiger partial charge is 0.507 e. The van der Waals surface area contributed by atoms with Gasteiger partial charge in [0.25, 0.3) is 0 Å². The van der Waals surface area contributed by atoms with Crippen LogP contribution in [-0.4, -0.2) is 29.6 Å². The number of hydrazone groups is 1. The molecule has 0 heterocycles. The van der Waals surface area contributed by atoms with Gasteiger partial charge in [-0.25, -0.2) is 0 Å². The van der Waals surface area contributed by atoms with Crippen molar-refractivity contribution in [3.63, 3.8) is 0 Å². The molecule has 0 spiro atoms. The highest BCUT2D eigenvalue weighted by molar-refractivity contribution is 9.10. The number of hydrogen-bond donors (Lipinski definition) is 3. The van der Waals surface area contributed by atoms with Crippen LogP contribution in [0.2, 0.25) is 0 Å². The maximum Gasteiger partial charge on any atom is 0.125 e. The van der Waals surface area contributed by atoms with E-state index in [0.29, 0.717) is 12.1 Å². The lowest BCUT2D eigenvalue weighted by Crippen LogP contribution is -2.11. The molecule has 0 saturated carbocycles. The van der Waals surface area contributed by atoms with Crippen molar-refractivity contribution in [2.75, 3.05) is 13.2 Å². The molecule has 0 aliphatic carbocycles. The summed E-state index contributed by atoms with van der Waals surface area (Å²) in [4.78, 5) is 0. The molecule has 2 rings (SSSR count). The molecule has 0 amide bonds. The lowest BCUT2D eigenvalue weighted by Gasteiger charge is -2.05. The zero-order chi connectivity index (χ0) is 13.0. The fourth-order valence-electron chi connectivity index (χ4n) is 1.67. The van der Waals surface area contributed by atoms with Gasteiger partial charge in [-0.2, -0.15) is 5.10 Å². The molecule has 4 nitrogen and oxygen atoms in total. The van der Waals surface area contributed by atoms with Crippen molar-refractivity contribution in [1.82, 2.24) is 5.43 Å². The number of aromatic hydroxyl groups is 1. The van der Waals surface area contributed by atoms with Crippen LogP contribution in [0.5, 0.6) is 5.75 Å². The van der Waals surface area contributed by atoms with Crippen LogP contribution in [-0.2, 0) is 0 Å². The van der Waals surface area contributed by atoms with Crippen LogP contribution < -0.4 is 5.43 Å². The van der Waals surface area contributed by atoms with Gasteiger partial charge in [-0.3, -0.25) is 0 Å². The first-order valence-corrected chi connectivity index (χ1v) is 6.29. The number of nitrogens with zero attached hydrogens (tertiary/aromatic N) is 1. The third-order valence-electron chi connectivity index (χ3n) is 2.51. The molecule has 0 aliphatic heterocycles. The van der Waals surface area contributed by atoms with Crippen LogP contribution in [0.4, 0.5) is 0 Å². The Balaban J connectivity index is 2.41. The Kier molecular flexibility index (Phi) is 4.17. The van der Waals surface area contributed by atoms with E-state index in [1.165, 1.54) is 0 Å². The van der Waals surface area contributed by atoms with Gasteiger partial charge < -0.3 is 15.6 Å². The van der Waals surface area contributed by atoms with E-state index in [2.05, 4.69) is 26.5 Å². The molecule has 0 atom stereocenters. The molecule has 0 fully saturated rings. The first-order valence-electron chi connectivity index (χ1n) is 5.50. The second-order valence-corrected chi connectivity index (χ2v) is 4.67. The SMILES string of the molecule is OCCN/N=C/c1c(O)ccc2cc(Br)ccc12. The van der Waals surface area contributed by atoms with Crippen LogP contribution >= 0.6 is 15.9 Å². The number of benzene rings is 2. The first kappa shape index (κ1) is 12.9. The number of phenolic OH excluding ortho intramolecular Hbond substituents is 1. The van der Waals surface area contributed by atoms with Gasteiger partial charge in [0.2, 0.25) is 0 Å². The minimum absolute atomic E-state index is 0.0196. The fraction of sp³-hybridized carbons (Fsp3) is 0.154. The molecule has 0 saturated heterocycles. The molecule has 0 radical (unpaired) electrons. The van der Waals surface area contributed by atoms with Crippen molar-refractivity contribution in [3.8, 4) is 5.75 Å². The fourth-order valence-corrected chi connectivity index (χ4v) is 2.05. The van der Waals surface area contributed by atoms with Gasteiger partial charge >= 0.3 is 0 Å². The molecule has 0 unspecified atom stereocenters. The van der Waals surface area contributed by atoms with E-state index in [0.717, 1.165) is 15.2 Å². The van der Waals surface area contributed by atoms with E-state index >= 15 is 0 Å². The molecule has 18 heavy (non-hydrogen) atoms. The predicted molar refractivity (Wildman–Crippen MR) is 76.0 cm³/mol. The van der Waals surface area contributed by atoms with E-state index in [1.54, 1.807) is 12.3 Å². The summed E-state index contributed by atoms with van der Waals surface area (Å²) < 4.78 is 0.988. The van der Waals surface area contributed by atoms with E-state index in [9.17, 15) is 5.11 Å². The minimum atomic E-state index is 0.0196. The first-order chi connectivity index (χ1) is 8.72. The molecule has 94 valence electrons. The zero-order valence-corrected chi connectivity index (χ0v) is 11.2. The van der Waals surface area contributed by atoms with Crippen LogP contribution in [0.15, 0.2) is 39.9 Å². The van der Waals surface area contributed by atoms with Crippen molar-refractivity contribution in [2.24, 2.45) is 5.10 Å². The van der Waals surface area contributed by atoms with E-state index in [4.69, 9.17) is 5.11 Å². The molecule has 3 N–H and O–H groups in total. The molecular weight excluding hydrogens is 296 g/mol. The van der Waals surface area contributed by atoms with Gasteiger partial charge in [0.15, 0.2) is 0 Å². The number of nitrogens with one attached hydrogen (secondary N) is 1. The van der Waals surface area contributed by atoms with Crippen molar-refractivity contribution in [3.05, 3.63) is 40.4 Å². The lowest BCUT2D eigenvalue weighted by molar-refractivity contribution is 0.294. The van der Waals surface area contributed by atoms with Crippen LogP contribution in [0.3, 0.4) is 0 Å². The number of phenols is 1. The van der Waals surface area contributed by atoms with E-state index in [1.807, 2.05) is 24.3 Å². The molecule has 0 aliphatic rings. The minimum Gasteiger partial charge on any atom is -0.507 e. The normalized spacial score (nSPS) is 11.2. The summed E-state index contributed by atoms with van der Waals surface area (Å²) in [6.45, 7) is 0.402. The Bertz CT molecular complexity index is 584. The van der Waals surface area contributed by atoms with Gasteiger partial charge in [0.05, 0.1) is 19.4 Å². The second kappa shape index (κ2) is 5.84. The third kappa shape index (κ3) is 2.80. The van der Waals surface area contributed by atoms with Crippen molar-refractivity contribution in [2.45, 2.75) is 0 Å². The maximum absolute atomic E-state index is 9.85. The number of hydrogen-bond acceptors (Lipinski definition) is 4. The standard InChI is InChI=1S/C13H13BrN2O2/c14-10-2-3-11-9(7-10)1-4-13(18)12(11)8-16-15-5-6-17/h1-4,7-8,15,17-18H,5-6H2/b16-8+. The summed E-state index contributed by atoms with van der Waals surface area (Å²) in [6.07, 6.45) is 1.56. The number of halogens is 1. The number of aliphatic hydroxyl groups excluding tert-OH is 1. The highest BCUT2D eigenvalue weighted by atomic mass is 79.9. The third-order valence-corrected chi connectivity index (χ3v) is 3.00. The zero-order valence-electron chi connectivity index (χ0n) is 9.60. The van der Waals surface area contributed by atoms with Gasteiger partial charge in [-0.05, 0) is 29.0 Å². The topological polar surface area (TPSA) is 64.8 Å². The average molecular weight is 309 g/mol. The molecule has 2 aromatic carbocycles. The van der Waals surface area contributed by atoms with Gasteiger partial charge in [-0.1, -0.05) is 28.1 Å². The second-order valence-electron chi connectivity index (χ2n) is 3.75. The highest BCUT2D eigenvalue weighted by Crippen LogP contribution is 2.27. The summed E-state index contributed by atoms with van der Waals surface area (Å²) in [5.74, 6) is 0.180. The summed E-state index contributed by atoms with van der Waals surface area (Å²) >= 11 is 3.41. The monoisotopic (exact) mass is 308 g/mol. The Morgan fingerprint density at radius 1 is 1.28 bits per heavy atom. The quantitative estimate of drug-likeness (QED) is 0.461. The smallest absolute Gasteiger partial charge is 0.125 e. The van der Waals surface area contributed by atoms with Crippen molar-refractivity contribution >= 4 is 32.9 Å². The Morgan fingerprint density at radius 3 is 2.89 bits per heavy atom. The van der Waals surface area contributed by atoms with Gasteiger partial charge in [0, 0.05) is 10.0 Å². The van der Waals surface area contributed by atoms with Crippen molar-refractivity contribution < 1.29 is 10.2 Å². The summed E-state index contributed by atoms with van der Waals surface area (Å²) in [5.41, 5.74) is 3.34. The Hall–Kier alpha value is -1.59. The number of rotatable bonds is 4. The number of fused-ring (bicyclic) bond motifs is 1. The molecular formula is C13H13BrN2O2. The summed E-state index contributed by atoms with van der Waals surface area (Å²) in [7, 11) is 0. The average Bonchev–Trinajstić information content (AvgIpc) is 2.37. The molecule has 0 bridgehead atoms. The van der Waals surface area contributed by atoms with E-state index in [-0.39, 0.29) is 12.4 Å².